The van der Waals surface area contributed by atoms with Crippen LogP contribution in [0.1, 0.15) is 5.82 Å². The van der Waals surface area contributed by atoms with Crippen molar-refractivity contribution >= 4 is 45.4 Å². The highest BCUT2D eigenvalue weighted by atomic mass is 127. The highest BCUT2D eigenvalue weighted by Crippen LogP contribution is 2.26. The summed E-state index contributed by atoms with van der Waals surface area (Å²) in [4.78, 5) is 9.03. The van der Waals surface area contributed by atoms with Gasteiger partial charge in [-0.15, -0.1) is 11.6 Å². The number of fused-ring (bicyclic) bond motifs is 1. The minimum Gasteiger partial charge on any atom is -0.481 e. The number of benzene rings is 1. The third-order valence-electron chi connectivity index (χ3n) is 2.97. The summed E-state index contributed by atoms with van der Waals surface area (Å²) in [5.41, 5.74) is 2.58. The molecule has 0 bridgehead atoms. The standard InChI is InChI=1S/C14H11ClIN3O/c1-20-13-7-6-10-14(18-13)19(12(8-15)17-10)11-5-3-2-4-9(11)16/h2-7H,8H2,1H3. The number of alkyl halides is 1. The van der Waals surface area contributed by atoms with E-state index < -0.39 is 0 Å². The molecule has 0 spiro atoms. The number of methoxy groups -OCH3 is 1. The van der Waals surface area contributed by atoms with E-state index >= 15 is 0 Å². The molecule has 0 saturated heterocycles. The topological polar surface area (TPSA) is 39.9 Å². The summed E-state index contributed by atoms with van der Waals surface area (Å²) in [6.07, 6.45) is 0. The number of ether oxygens (including phenoxy) is 1. The molecule has 2 aromatic heterocycles. The van der Waals surface area contributed by atoms with Gasteiger partial charge in [0.25, 0.3) is 0 Å². The molecule has 102 valence electrons. The molecule has 3 rings (SSSR count). The van der Waals surface area contributed by atoms with E-state index in [1.807, 2.05) is 34.9 Å². The average molecular weight is 400 g/mol. The number of hydrogen-bond donors (Lipinski definition) is 0. The fraction of sp³-hybridized carbons (Fsp3) is 0.143. The second-order valence-corrected chi connectivity index (χ2v) is 5.57. The molecule has 2 heterocycles. The van der Waals surface area contributed by atoms with Crippen LogP contribution in [0.5, 0.6) is 5.88 Å². The first-order valence-electron chi connectivity index (χ1n) is 5.98. The van der Waals surface area contributed by atoms with E-state index in [9.17, 15) is 0 Å². The maximum Gasteiger partial charge on any atom is 0.215 e. The Morgan fingerprint density at radius 2 is 2.00 bits per heavy atom. The van der Waals surface area contributed by atoms with Crippen molar-refractivity contribution in [1.82, 2.24) is 14.5 Å². The molecule has 0 aliphatic carbocycles. The van der Waals surface area contributed by atoms with Gasteiger partial charge in [0.15, 0.2) is 5.65 Å². The van der Waals surface area contributed by atoms with E-state index in [0.29, 0.717) is 11.8 Å². The van der Waals surface area contributed by atoms with Crippen molar-refractivity contribution in [3.63, 3.8) is 0 Å². The molecule has 6 heteroatoms. The zero-order valence-electron chi connectivity index (χ0n) is 10.7. The molecule has 0 aliphatic heterocycles. The number of nitrogens with zero attached hydrogens (tertiary/aromatic N) is 3. The normalized spacial score (nSPS) is 10.9. The third-order valence-corrected chi connectivity index (χ3v) is 4.12. The van der Waals surface area contributed by atoms with Crippen molar-refractivity contribution in [2.75, 3.05) is 7.11 Å². The molecular weight excluding hydrogens is 389 g/mol. The summed E-state index contributed by atoms with van der Waals surface area (Å²) in [5, 5.41) is 0. The van der Waals surface area contributed by atoms with Crippen molar-refractivity contribution in [3.8, 4) is 11.6 Å². The minimum atomic E-state index is 0.323. The predicted molar refractivity (Wildman–Crippen MR) is 87.7 cm³/mol. The highest BCUT2D eigenvalue weighted by Gasteiger charge is 2.15. The molecule has 0 aliphatic rings. The maximum atomic E-state index is 6.03. The number of hydrogen-bond acceptors (Lipinski definition) is 3. The first-order valence-corrected chi connectivity index (χ1v) is 7.59. The van der Waals surface area contributed by atoms with E-state index in [1.165, 1.54) is 0 Å². The highest BCUT2D eigenvalue weighted by molar-refractivity contribution is 14.1. The van der Waals surface area contributed by atoms with Crippen LogP contribution in [0, 0.1) is 3.57 Å². The second-order valence-electron chi connectivity index (χ2n) is 4.14. The van der Waals surface area contributed by atoms with Gasteiger partial charge in [0, 0.05) is 9.64 Å². The van der Waals surface area contributed by atoms with Gasteiger partial charge in [0.05, 0.1) is 18.7 Å². The predicted octanol–water partition coefficient (Wildman–Crippen LogP) is 3.77. The Bertz CT molecular complexity index is 772. The van der Waals surface area contributed by atoms with E-state index in [1.54, 1.807) is 13.2 Å². The molecule has 1 aromatic carbocycles. The van der Waals surface area contributed by atoms with Crippen LogP contribution in [0.25, 0.3) is 16.9 Å². The van der Waals surface area contributed by atoms with Crippen LogP contribution in [-0.4, -0.2) is 21.6 Å². The number of halogens is 2. The van der Waals surface area contributed by atoms with Gasteiger partial charge in [-0.3, -0.25) is 4.57 Å². The van der Waals surface area contributed by atoms with Crippen molar-refractivity contribution in [1.29, 1.82) is 0 Å². The molecule has 0 fully saturated rings. The molecule has 0 N–H and O–H groups in total. The van der Waals surface area contributed by atoms with E-state index in [0.717, 1.165) is 26.2 Å². The van der Waals surface area contributed by atoms with Crippen LogP contribution in [0.3, 0.4) is 0 Å². The third kappa shape index (κ3) is 2.25. The lowest BCUT2D eigenvalue weighted by Gasteiger charge is -2.09. The Morgan fingerprint density at radius 3 is 2.70 bits per heavy atom. The number of imidazole rings is 1. The number of para-hydroxylation sites is 1. The molecule has 3 aromatic rings. The van der Waals surface area contributed by atoms with E-state index in [4.69, 9.17) is 16.3 Å². The lowest BCUT2D eigenvalue weighted by Crippen LogP contribution is -2.02. The monoisotopic (exact) mass is 399 g/mol. The molecule has 0 amide bonds. The van der Waals surface area contributed by atoms with Gasteiger partial charge in [0.1, 0.15) is 11.3 Å². The Labute approximate surface area is 134 Å². The van der Waals surface area contributed by atoms with Crippen LogP contribution >= 0.6 is 34.2 Å². The van der Waals surface area contributed by atoms with Crippen molar-refractivity contribution in [2.45, 2.75) is 5.88 Å². The number of aromatic nitrogens is 3. The maximum absolute atomic E-state index is 6.03. The molecular formula is C14H11ClIN3O. The Balaban J connectivity index is 2.35. The van der Waals surface area contributed by atoms with Crippen LogP contribution < -0.4 is 4.74 Å². The quantitative estimate of drug-likeness (QED) is 0.497. The Morgan fingerprint density at radius 1 is 1.20 bits per heavy atom. The van der Waals surface area contributed by atoms with Crippen molar-refractivity contribution in [3.05, 3.63) is 45.8 Å². The Kier molecular flexibility index (Phi) is 3.80. The van der Waals surface area contributed by atoms with Crippen LogP contribution in [0.2, 0.25) is 0 Å². The second kappa shape index (κ2) is 5.57. The van der Waals surface area contributed by atoms with Crippen molar-refractivity contribution < 1.29 is 4.74 Å². The molecule has 0 atom stereocenters. The van der Waals surface area contributed by atoms with Crippen LogP contribution in [-0.2, 0) is 5.88 Å². The zero-order chi connectivity index (χ0) is 14.1. The summed E-state index contributed by atoms with van der Waals surface area (Å²) < 4.78 is 8.29. The smallest absolute Gasteiger partial charge is 0.215 e. The largest absolute Gasteiger partial charge is 0.481 e. The van der Waals surface area contributed by atoms with Crippen molar-refractivity contribution in [2.24, 2.45) is 0 Å². The van der Waals surface area contributed by atoms with Gasteiger partial charge in [-0.2, -0.15) is 4.98 Å². The van der Waals surface area contributed by atoms with Gasteiger partial charge in [-0.25, -0.2) is 4.98 Å². The first-order chi connectivity index (χ1) is 9.74. The van der Waals surface area contributed by atoms with E-state index in [-0.39, 0.29) is 0 Å². The summed E-state index contributed by atoms with van der Waals surface area (Å²) in [5.74, 6) is 1.65. The minimum absolute atomic E-state index is 0.323. The van der Waals surface area contributed by atoms with Crippen LogP contribution in [0.4, 0.5) is 0 Å². The summed E-state index contributed by atoms with van der Waals surface area (Å²) >= 11 is 8.33. The summed E-state index contributed by atoms with van der Waals surface area (Å²) in [6.45, 7) is 0. The molecule has 0 unspecified atom stereocenters. The fourth-order valence-electron chi connectivity index (χ4n) is 2.08. The lowest BCUT2D eigenvalue weighted by atomic mass is 10.3. The SMILES string of the molecule is COc1ccc2nc(CCl)n(-c3ccccc3I)c2n1. The van der Waals surface area contributed by atoms with Gasteiger partial charge in [-0.05, 0) is 40.8 Å². The van der Waals surface area contributed by atoms with Gasteiger partial charge in [-0.1, -0.05) is 12.1 Å². The summed E-state index contributed by atoms with van der Waals surface area (Å²) in [6, 6.07) is 11.7. The number of pyridine rings is 1. The average Bonchev–Trinajstić information content (AvgIpc) is 2.85. The fourth-order valence-corrected chi connectivity index (χ4v) is 2.88. The van der Waals surface area contributed by atoms with Crippen LogP contribution in [0.15, 0.2) is 36.4 Å². The van der Waals surface area contributed by atoms with Gasteiger partial charge >= 0.3 is 0 Å². The molecule has 20 heavy (non-hydrogen) atoms. The Hall–Kier alpha value is -1.34. The molecule has 0 radical (unpaired) electrons. The summed E-state index contributed by atoms with van der Waals surface area (Å²) in [7, 11) is 1.60. The first kappa shape index (κ1) is 13.6. The zero-order valence-corrected chi connectivity index (χ0v) is 13.6. The van der Waals surface area contributed by atoms with E-state index in [2.05, 4.69) is 32.6 Å². The lowest BCUT2D eigenvalue weighted by molar-refractivity contribution is 0.399. The number of rotatable bonds is 3. The molecule has 0 saturated carbocycles. The molecule has 4 nitrogen and oxygen atoms in total. The van der Waals surface area contributed by atoms with Gasteiger partial charge < -0.3 is 4.74 Å². The van der Waals surface area contributed by atoms with Gasteiger partial charge in [0.2, 0.25) is 5.88 Å².